The number of rotatable bonds is 37. The number of nitrogens with two attached hydrogens (primary N) is 4. The van der Waals surface area contributed by atoms with Gasteiger partial charge in [-0.05, 0) is 109 Å². The minimum atomic E-state index is -0.597. The van der Waals surface area contributed by atoms with E-state index in [9.17, 15) is 24.0 Å². The first-order valence-corrected chi connectivity index (χ1v) is 22.3. The summed E-state index contributed by atoms with van der Waals surface area (Å²) in [7, 11) is 0. The quantitative estimate of drug-likeness (QED) is 0.0331. The molecule has 0 aromatic carbocycles. The Balaban J connectivity index is -0.00000271. The van der Waals surface area contributed by atoms with Crippen molar-refractivity contribution in [3.63, 3.8) is 0 Å². The summed E-state index contributed by atoms with van der Waals surface area (Å²) >= 11 is 0. The van der Waals surface area contributed by atoms with Crippen LogP contribution in [0.25, 0.3) is 0 Å². The molecule has 0 saturated heterocycles. The molecule has 0 bridgehead atoms. The fourth-order valence-electron chi connectivity index (χ4n) is 6.25. The topological polar surface area (TPSA) is 223 Å². The summed E-state index contributed by atoms with van der Waals surface area (Å²) in [5.74, 6) is -0.206. The van der Waals surface area contributed by atoms with Crippen LogP contribution in [-0.2, 0) is 24.0 Å². The number of nitrogens with zero attached hydrogens (tertiary/aromatic N) is 3. The van der Waals surface area contributed by atoms with Gasteiger partial charge in [-0.15, -0.1) is 49.6 Å². The van der Waals surface area contributed by atoms with Crippen molar-refractivity contribution < 1.29 is 24.0 Å². The molecule has 0 aromatic rings. The molecule has 0 radical (unpaired) electrons. The third-order valence-corrected chi connectivity index (χ3v) is 9.72. The number of halogens is 4. The van der Waals surface area contributed by atoms with Crippen LogP contribution in [0.4, 0.5) is 0 Å². The van der Waals surface area contributed by atoms with E-state index in [1.807, 2.05) is 32.9 Å². The summed E-state index contributed by atoms with van der Waals surface area (Å²) in [5.41, 5.74) is 23.0. The van der Waals surface area contributed by atoms with Crippen molar-refractivity contribution in [1.29, 1.82) is 0 Å². The first kappa shape index (κ1) is 68.6. The van der Waals surface area contributed by atoms with Gasteiger partial charge in [-0.1, -0.05) is 57.2 Å². The average Bonchev–Trinajstić information content (AvgIpc) is 3.22. The van der Waals surface area contributed by atoms with Crippen molar-refractivity contribution in [2.75, 3.05) is 65.4 Å². The molecular weight excluding hydrogens is 876 g/mol. The maximum atomic E-state index is 13.5. The molecule has 0 fully saturated rings. The number of amides is 5. The van der Waals surface area contributed by atoms with E-state index in [0.29, 0.717) is 149 Å². The molecular formula is C44H87Cl4N9O5. The van der Waals surface area contributed by atoms with Gasteiger partial charge in [0.15, 0.2) is 0 Å². The van der Waals surface area contributed by atoms with Crippen molar-refractivity contribution in [3.8, 4) is 0 Å². The lowest BCUT2D eigenvalue weighted by atomic mass is 10.1. The van der Waals surface area contributed by atoms with E-state index in [2.05, 4.69) is 49.6 Å². The second kappa shape index (κ2) is 48.0. The van der Waals surface area contributed by atoms with Crippen molar-refractivity contribution >= 4 is 79.2 Å². The molecule has 0 heterocycles. The Hall–Kier alpha value is -2.43. The highest BCUT2D eigenvalue weighted by Gasteiger charge is 2.19. The first-order valence-electron chi connectivity index (χ1n) is 22.3. The van der Waals surface area contributed by atoms with E-state index in [-0.39, 0.29) is 79.2 Å². The molecule has 5 amide bonds. The molecule has 0 aromatic heterocycles. The van der Waals surface area contributed by atoms with Gasteiger partial charge in [-0.2, -0.15) is 0 Å². The molecule has 18 heteroatoms. The molecule has 0 aliphatic rings. The molecule has 0 aliphatic heterocycles. The Kier molecular flexibility index (Phi) is 53.2. The van der Waals surface area contributed by atoms with Gasteiger partial charge in [0.05, 0.1) is 12.1 Å². The smallest absolute Gasteiger partial charge is 0.236 e. The number of hydrogen-bond acceptors (Lipinski definition) is 9. The third-order valence-electron chi connectivity index (χ3n) is 9.72. The van der Waals surface area contributed by atoms with Crippen LogP contribution in [0, 0.1) is 0 Å². The Labute approximate surface area is 400 Å². The highest BCUT2D eigenvalue weighted by atomic mass is 35.5. The normalized spacial score (nSPS) is 11.8. The van der Waals surface area contributed by atoms with E-state index in [1.54, 1.807) is 0 Å². The van der Waals surface area contributed by atoms with Crippen molar-refractivity contribution in [1.82, 2.24) is 25.3 Å². The monoisotopic (exact) mass is 962 g/mol. The van der Waals surface area contributed by atoms with Crippen LogP contribution in [0.5, 0.6) is 0 Å². The summed E-state index contributed by atoms with van der Waals surface area (Å²) in [5, 5.41) is 5.77. The fraction of sp³-hybridized carbons (Fsp3) is 0.750. The summed E-state index contributed by atoms with van der Waals surface area (Å²) in [6.07, 6.45) is 24.0. The van der Waals surface area contributed by atoms with E-state index >= 15 is 0 Å². The summed E-state index contributed by atoms with van der Waals surface area (Å²) in [6, 6.07) is -1.19. The van der Waals surface area contributed by atoms with Crippen LogP contribution in [-0.4, -0.2) is 122 Å². The average molecular weight is 964 g/mol. The Morgan fingerprint density at radius 2 is 0.742 bits per heavy atom. The van der Waals surface area contributed by atoms with Gasteiger partial charge in [-0.3, -0.25) is 24.0 Å². The molecule has 0 aliphatic carbocycles. The van der Waals surface area contributed by atoms with E-state index in [1.165, 1.54) is 0 Å². The maximum Gasteiger partial charge on any atom is 0.236 e. The standard InChI is InChI=1S/C44H83N9O5.4ClH/c1-4-7-10-13-25-40(54)51(34-20-30-49-43(57)38(47)23-18-28-45)32-16-17-33-52(41(55)26-14-11-8-5-2)36-22-37-53(42(56)27-15-12-9-6-3)35-21-31-50-44(58)39(48)24-19-29-46;;;;/h7-12,38-39H,4-6,13-37,45-48H2,1-3H3,(H,49,57)(H,50,58);4*1H/b10-7-,11-8-,12-9-;;;;/t38-,39-;;;;/m0..../s1. The predicted octanol–water partition coefficient (Wildman–Crippen LogP) is 5.71. The van der Waals surface area contributed by atoms with Gasteiger partial charge >= 0.3 is 0 Å². The van der Waals surface area contributed by atoms with E-state index < -0.39 is 12.1 Å². The van der Waals surface area contributed by atoms with Crippen LogP contribution in [0.15, 0.2) is 36.5 Å². The zero-order chi connectivity index (χ0) is 43.2. The van der Waals surface area contributed by atoms with Crippen LogP contribution < -0.4 is 33.6 Å². The highest BCUT2D eigenvalue weighted by Crippen LogP contribution is 2.10. The molecule has 366 valence electrons. The van der Waals surface area contributed by atoms with Gasteiger partial charge < -0.3 is 48.3 Å². The Bertz CT molecular complexity index is 1220. The van der Waals surface area contributed by atoms with Crippen molar-refractivity contribution in [2.24, 2.45) is 22.9 Å². The minimum Gasteiger partial charge on any atom is -0.355 e. The fourth-order valence-corrected chi connectivity index (χ4v) is 6.25. The Morgan fingerprint density at radius 1 is 0.452 bits per heavy atom. The number of allylic oxidation sites excluding steroid dienone is 6. The van der Waals surface area contributed by atoms with Crippen LogP contribution in [0.2, 0.25) is 0 Å². The lowest BCUT2D eigenvalue weighted by Gasteiger charge is -2.27. The van der Waals surface area contributed by atoms with Gasteiger partial charge in [0.2, 0.25) is 29.5 Å². The Morgan fingerprint density at radius 3 is 1.03 bits per heavy atom. The number of carbonyl (C=O) groups excluding carboxylic acids is 5. The van der Waals surface area contributed by atoms with Crippen molar-refractivity contribution in [3.05, 3.63) is 36.5 Å². The van der Waals surface area contributed by atoms with Gasteiger partial charge in [-0.25, -0.2) is 0 Å². The first-order chi connectivity index (χ1) is 28.1. The maximum absolute atomic E-state index is 13.5. The van der Waals surface area contributed by atoms with Crippen molar-refractivity contribution in [2.45, 2.75) is 148 Å². The van der Waals surface area contributed by atoms with Gasteiger partial charge in [0, 0.05) is 71.6 Å². The molecule has 0 rings (SSSR count). The van der Waals surface area contributed by atoms with Crippen LogP contribution in [0.1, 0.15) is 136 Å². The SMILES string of the molecule is CC/C=C\CCC(=O)N(CCCCN(CCCN(CCCNC(=O)[C@@H](N)CCCN)C(=O)CC/C=C\CC)C(=O)CC/C=C\CC)CCCNC(=O)[C@@H](N)CCCN.Cl.Cl.Cl.Cl. The zero-order valence-electron chi connectivity index (χ0n) is 38.2. The molecule has 0 spiro atoms. The van der Waals surface area contributed by atoms with Crippen LogP contribution >= 0.6 is 49.6 Å². The lowest BCUT2D eigenvalue weighted by Crippen LogP contribution is -2.42. The predicted molar refractivity (Wildman–Crippen MR) is 266 cm³/mol. The molecule has 2 atom stereocenters. The molecule has 0 unspecified atom stereocenters. The summed E-state index contributed by atoms with van der Waals surface area (Å²) < 4.78 is 0. The highest BCUT2D eigenvalue weighted by molar-refractivity contribution is 5.86. The zero-order valence-corrected chi connectivity index (χ0v) is 41.5. The molecule has 10 N–H and O–H groups in total. The summed E-state index contributed by atoms with van der Waals surface area (Å²) in [4.78, 5) is 70.4. The number of unbranched alkanes of at least 4 members (excludes halogenated alkanes) is 1. The number of hydrogen-bond donors (Lipinski definition) is 6. The van der Waals surface area contributed by atoms with Crippen LogP contribution in [0.3, 0.4) is 0 Å². The van der Waals surface area contributed by atoms with E-state index in [4.69, 9.17) is 22.9 Å². The number of carbonyl (C=O) groups is 5. The van der Waals surface area contributed by atoms with Gasteiger partial charge in [0.25, 0.3) is 0 Å². The minimum absolute atomic E-state index is 0. The molecule has 0 saturated carbocycles. The lowest BCUT2D eigenvalue weighted by molar-refractivity contribution is -0.133. The molecule has 14 nitrogen and oxygen atoms in total. The number of nitrogens with one attached hydrogen (secondary N) is 2. The molecule has 62 heavy (non-hydrogen) atoms. The third kappa shape index (κ3) is 37.0. The largest absolute Gasteiger partial charge is 0.355 e. The summed E-state index contributed by atoms with van der Waals surface area (Å²) in [6.45, 7) is 11.1. The van der Waals surface area contributed by atoms with E-state index in [0.717, 1.165) is 32.1 Å². The second-order valence-electron chi connectivity index (χ2n) is 14.8. The second-order valence-corrected chi connectivity index (χ2v) is 14.8. The van der Waals surface area contributed by atoms with Gasteiger partial charge in [0.1, 0.15) is 0 Å².